The lowest BCUT2D eigenvalue weighted by atomic mass is 10.1. The van der Waals surface area contributed by atoms with E-state index in [1.807, 2.05) is 0 Å². The fourth-order valence-corrected chi connectivity index (χ4v) is 2.51. The molecule has 3 aromatic rings. The Morgan fingerprint density at radius 1 is 1.25 bits per heavy atom. The molecule has 0 fully saturated rings. The Balaban J connectivity index is 2.16. The highest BCUT2D eigenvalue weighted by Crippen LogP contribution is 2.31. The lowest BCUT2D eigenvalue weighted by Crippen LogP contribution is -2.09. The van der Waals surface area contributed by atoms with Crippen LogP contribution in [0.1, 0.15) is 17.3 Å². The highest BCUT2D eigenvalue weighted by Gasteiger charge is 2.17. The molecule has 0 saturated carbocycles. The lowest BCUT2D eigenvalue weighted by molar-refractivity contribution is 0.0527. The molecule has 3 rings (SSSR count). The van der Waals surface area contributed by atoms with Gasteiger partial charge >= 0.3 is 5.97 Å². The number of nitrogens with one attached hydrogen (secondary N) is 1. The third-order valence-corrected chi connectivity index (χ3v) is 3.67. The van der Waals surface area contributed by atoms with Crippen LogP contribution in [-0.4, -0.2) is 17.6 Å². The summed E-state index contributed by atoms with van der Waals surface area (Å²) in [6.45, 7) is 1.98. The van der Waals surface area contributed by atoms with Gasteiger partial charge in [0.1, 0.15) is 11.4 Å². The maximum atomic E-state index is 13.1. The first-order valence-electron chi connectivity index (χ1n) is 7.36. The highest BCUT2D eigenvalue weighted by molar-refractivity contribution is 6.31. The van der Waals surface area contributed by atoms with E-state index in [0.717, 1.165) is 0 Å². The molecule has 0 atom stereocenters. The molecule has 24 heavy (non-hydrogen) atoms. The minimum absolute atomic E-state index is 0.252. The summed E-state index contributed by atoms with van der Waals surface area (Å²) in [7, 11) is 0. The van der Waals surface area contributed by atoms with Gasteiger partial charge < -0.3 is 10.1 Å². The number of anilines is 2. The Morgan fingerprint density at radius 3 is 2.71 bits per heavy atom. The van der Waals surface area contributed by atoms with Crippen molar-refractivity contribution in [2.24, 2.45) is 0 Å². The van der Waals surface area contributed by atoms with Crippen LogP contribution in [0.25, 0.3) is 10.9 Å². The van der Waals surface area contributed by atoms with Crippen molar-refractivity contribution in [3.8, 4) is 0 Å². The summed E-state index contributed by atoms with van der Waals surface area (Å²) in [4.78, 5) is 16.5. The minimum atomic E-state index is -0.489. The van der Waals surface area contributed by atoms with Crippen LogP contribution in [0.5, 0.6) is 0 Å². The molecular weight excluding hydrogens is 331 g/mol. The van der Waals surface area contributed by atoms with Crippen molar-refractivity contribution in [3.05, 3.63) is 65.1 Å². The molecule has 0 unspecified atom stereocenters. The summed E-state index contributed by atoms with van der Waals surface area (Å²) >= 11 is 6.09. The molecule has 0 radical (unpaired) electrons. The third kappa shape index (κ3) is 3.31. The Labute approximate surface area is 143 Å². The molecule has 0 saturated heterocycles. The molecule has 1 heterocycles. The summed E-state index contributed by atoms with van der Waals surface area (Å²) in [5.41, 5.74) is 2.12. The quantitative estimate of drug-likeness (QED) is 0.680. The predicted molar refractivity (Wildman–Crippen MR) is 92.4 cm³/mol. The van der Waals surface area contributed by atoms with Gasteiger partial charge in [0.2, 0.25) is 0 Å². The van der Waals surface area contributed by atoms with Gasteiger partial charge in [-0.15, -0.1) is 0 Å². The van der Waals surface area contributed by atoms with Gasteiger partial charge in [0.15, 0.2) is 0 Å². The van der Waals surface area contributed by atoms with E-state index in [1.165, 1.54) is 18.3 Å². The molecule has 6 heteroatoms. The Morgan fingerprint density at radius 2 is 2.00 bits per heavy atom. The van der Waals surface area contributed by atoms with Gasteiger partial charge in [0, 0.05) is 22.3 Å². The van der Waals surface area contributed by atoms with Crippen LogP contribution in [0, 0.1) is 5.82 Å². The van der Waals surface area contributed by atoms with Gasteiger partial charge in [0.05, 0.1) is 17.8 Å². The zero-order chi connectivity index (χ0) is 17.1. The van der Waals surface area contributed by atoms with Crippen LogP contribution >= 0.6 is 11.6 Å². The van der Waals surface area contributed by atoms with Crippen LogP contribution in [0.2, 0.25) is 5.02 Å². The number of nitrogens with zero attached hydrogens (tertiary/aromatic N) is 1. The number of carbonyl (C=O) groups is 1. The molecule has 2 aromatic carbocycles. The van der Waals surface area contributed by atoms with E-state index in [2.05, 4.69) is 10.3 Å². The number of rotatable bonds is 4. The van der Waals surface area contributed by atoms with Gasteiger partial charge in [-0.25, -0.2) is 9.18 Å². The van der Waals surface area contributed by atoms with E-state index in [4.69, 9.17) is 16.3 Å². The Kier molecular flexibility index (Phi) is 4.62. The number of hydrogen-bond donors (Lipinski definition) is 1. The smallest absolute Gasteiger partial charge is 0.341 e. The van der Waals surface area contributed by atoms with E-state index < -0.39 is 5.97 Å². The number of ether oxygens (including phenoxy) is 1. The standard InChI is InChI=1S/C18H14ClFN2O2/c1-2-24-18(23)15-10-21-16-8-3-11(19)9-14(16)17(15)22-13-6-4-12(20)5-7-13/h3-10H,2H2,1H3,(H,21,22). The van der Waals surface area contributed by atoms with E-state index in [0.29, 0.717) is 27.3 Å². The number of benzene rings is 2. The molecule has 1 aromatic heterocycles. The largest absolute Gasteiger partial charge is 0.462 e. The van der Waals surface area contributed by atoms with Crippen LogP contribution in [0.4, 0.5) is 15.8 Å². The van der Waals surface area contributed by atoms with Crippen LogP contribution < -0.4 is 5.32 Å². The predicted octanol–water partition coefficient (Wildman–Crippen LogP) is 4.95. The molecule has 4 nitrogen and oxygen atoms in total. The molecule has 0 aliphatic carbocycles. The number of esters is 1. The molecule has 0 spiro atoms. The Bertz CT molecular complexity index is 897. The van der Waals surface area contributed by atoms with Crippen LogP contribution in [0.3, 0.4) is 0 Å². The van der Waals surface area contributed by atoms with E-state index in [9.17, 15) is 9.18 Å². The number of hydrogen-bond acceptors (Lipinski definition) is 4. The second-order valence-corrected chi connectivity index (χ2v) is 5.50. The average Bonchev–Trinajstić information content (AvgIpc) is 2.57. The number of carbonyl (C=O) groups excluding carboxylic acids is 1. The number of halogens is 2. The summed E-state index contributed by atoms with van der Waals surface area (Å²) < 4.78 is 18.2. The second-order valence-electron chi connectivity index (χ2n) is 5.06. The molecule has 0 bridgehead atoms. The minimum Gasteiger partial charge on any atom is -0.462 e. The van der Waals surface area contributed by atoms with Crippen LogP contribution in [0.15, 0.2) is 48.7 Å². The number of aromatic nitrogens is 1. The average molecular weight is 345 g/mol. The van der Waals surface area contributed by atoms with Gasteiger partial charge in [-0.2, -0.15) is 0 Å². The zero-order valence-electron chi connectivity index (χ0n) is 12.8. The van der Waals surface area contributed by atoms with Crippen LogP contribution in [-0.2, 0) is 4.74 Å². The highest BCUT2D eigenvalue weighted by atomic mass is 35.5. The first kappa shape index (κ1) is 16.2. The monoisotopic (exact) mass is 344 g/mol. The van der Waals surface area contributed by atoms with Gasteiger partial charge in [-0.05, 0) is 49.4 Å². The first-order valence-corrected chi connectivity index (χ1v) is 7.74. The molecular formula is C18H14ClFN2O2. The van der Waals surface area contributed by atoms with Crippen molar-refractivity contribution in [3.63, 3.8) is 0 Å². The maximum Gasteiger partial charge on any atom is 0.341 e. The molecule has 0 aliphatic heterocycles. The fourth-order valence-electron chi connectivity index (χ4n) is 2.34. The van der Waals surface area contributed by atoms with Crippen molar-refractivity contribution in [1.82, 2.24) is 4.98 Å². The second kappa shape index (κ2) is 6.84. The zero-order valence-corrected chi connectivity index (χ0v) is 13.6. The lowest BCUT2D eigenvalue weighted by Gasteiger charge is -2.14. The van der Waals surface area contributed by atoms with Crippen molar-refractivity contribution in [2.75, 3.05) is 11.9 Å². The summed E-state index contributed by atoms with van der Waals surface area (Å²) in [5, 5.41) is 4.34. The topological polar surface area (TPSA) is 51.2 Å². The third-order valence-electron chi connectivity index (χ3n) is 3.44. The van der Waals surface area contributed by atoms with Gasteiger partial charge in [-0.3, -0.25) is 4.98 Å². The normalized spacial score (nSPS) is 10.6. The SMILES string of the molecule is CCOC(=O)c1cnc2ccc(Cl)cc2c1Nc1ccc(F)cc1. The summed E-state index contributed by atoms with van der Waals surface area (Å²) in [5.74, 6) is -0.828. The fraction of sp³-hybridized carbons (Fsp3) is 0.111. The number of fused-ring (bicyclic) bond motifs is 1. The van der Waals surface area contributed by atoms with E-state index >= 15 is 0 Å². The molecule has 0 aliphatic rings. The summed E-state index contributed by atoms with van der Waals surface area (Å²) in [6.07, 6.45) is 1.46. The van der Waals surface area contributed by atoms with E-state index in [-0.39, 0.29) is 18.0 Å². The van der Waals surface area contributed by atoms with Crippen molar-refractivity contribution < 1.29 is 13.9 Å². The number of pyridine rings is 1. The molecule has 0 amide bonds. The summed E-state index contributed by atoms with van der Waals surface area (Å²) in [6, 6.07) is 11.1. The van der Waals surface area contributed by atoms with Crippen molar-refractivity contribution in [1.29, 1.82) is 0 Å². The van der Waals surface area contributed by atoms with Crippen molar-refractivity contribution in [2.45, 2.75) is 6.92 Å². The van der Waals surface area contributed by atoms with Crippen molar-refractivity contribution >= 4 is 39.8 Å². The Hall–Kier alpha value is -2.66. The first-order chi connectivity index (χ1) is 11.6. The molecule has 122 valence electrons. The van der Waals surface area contributed by atoms with Gasteiger partial charge in [0.25, 0.3) is 0 Å². The van der Waals surface area contributed by atoms with E-state index in [1.54, 1.807) is 37.3 Å². The van der Waals surface area contributed by atoms with Gasteiger partial charge in [-0.1, -0.05) is 11.6 Å². The molecule has 1 N–H and O–H groups in total. The maximum absolute atomic E-state index is 13.1.